The highest BCUT2D eigenvalue weighted by atomic mass is 32.2. The van der Waals surface area contributed by atoms with Crippen LogP contribution in [0.25, 0.3) is 6.08 Å². The van der Waals surface area contributed by atoms with Crippen molar-refractivity contribution in [3.8, 4) is 11.5 Å². The molecule has 9 heteroatoms. The number of carbonyl (C=O) groups is 2. The van der Waals surface area contributed by atoms with Gasteiger partial charge in [-0.3, -0.25) is 4.79 Å². The van der Waals surface area contributed by atoms with Crippen LogP contribution in [0, 0.1) is 5.82 Å². The predicted molar refractivity (Wildman–Crippen MR) is 104 cm³/mol. The number of aliphatic carboxylic acids is 1. The standard InChI is InChI=1S/C19H17FN2O5S/c1-26-15-8-11(6-7-14(15)27-10-17(23)24)9-16-18(25)22-19(28-16)21-13-5-3-2-4-12(13)20/h2-9,19,21H,10H2,1H3,(H,22,25)(H,23,24)/b16-9-. The summed E-state index contributed by atoms with van der Waals surface area (Å²) in [5, 5.41) is 14.4. The number of ether oxygens (including phenoxy) is 2. The van der Waals surface area contributed by atoms with E-state index >= 15 is 0 Å². The smallest absolute Gasteiger partial charge is 0.341 e. The van der Waals surface area contributed by atoms with Crippen molar-refractivity contribution in [3.63, 3.8) is 0 Å². The zero-order chi connectivity index (χ0) is 20.1. The second-order valence-electron chi connectivity index (χ2n) is 5.70. The number of nitrogens with one attached hydrogen (secondary N) is 2. The van der Waals surface area contributed by atoms with Crippen LogP contribution in [0.1, 0.15) is 5.56 Å². The fourth-order valence-corrected chi connectivity index (χ4v) is 3.44. The van der Waals surface area contributed by atoms with Gasteiger partial charge in [0, 0.05) is 0 Å². The van der Waals surface area contributed by atoms with E-state index in [-0.39, 0.29) is 11.7 Å². The molecule has 0 radical (unpaired) electrons. The second kappa shape index (κ2) is 8.66. The van der Waals surface area contributed by atoms with Gasteiger partial charge in [0.1, 0.15) is 5.82 Å². The van der Waals surface area contributed by atoms with Crippen LogP contribution < -0.4 is 20.1 Å². The first kappa shape index (κ1) is 19.6. The summed E-state index contributed by atoms with van der Waals surface area (Å²) in [7, 11) is 1.44. The topological polar surface area (TPSA) is 96.9 Å². The average Bonchev–Trinajstić information content (AvgIpc) is 3.01. The van der Waals surface area contributed by atoms with Gasteiger partial charge in [0.05, 0.1) is 17.7 Å². The van der Waals surface area contributed by atoms with Crippen LogP contribution in [0.2, 0.25) is 0 Å². The first-order valence-electron chi connectivity index (χ1n) is 8.19. The molecule has 7 nitrogen and oxygen atoms in total. The van der Waals surface area contributed by atoms with E-state index in [2.05, 4.69) is 10.6 Å². The number of benzene rings is 2. The van der Waals surface area contributed by atoms with E-state index in [1.807, 2.05) is 0 Å². The summed E-state index contributed by atoms with van der Waals surface area (Å²) in [6.45, 7) is -0.488. The van der Waals surface area contributed by atoms with E-state index in [0.29, 0.717) is 21.9 Å². The lowest BCUT2D eigenvalue weighted by atomic mass is 10.2. The zero-order valence-corrected chi connectivity index (χ0v) is 15.6. The quantitative estimate of drug-likeness (QED) is 0.611. The van der Waals surface area contributed by atoms with Gasteiger partial charge in [-0.25, -0.2) is 9.18 Å². The summed E-state index contributed by atoms with van der Waals surface area (Å²) in [6.07, 6.45) is 1.66. The Kier molecular flexibility index (Phi) is 6.05. The maximum atomic E-state index is 13.8. The van der Waals surface area contributed by atoms with Gasteiger partial charge in [0.15, 0.2) is 23.6 Å². The number of anilines is 1. The molecule has 3 rings (SSSR count). The molecular weight excluding hydrogens is 387 g/mol. The number of carboxylic acids is 1. The van der Waals surface area contributed by atoms with Crippen LogP contribution in [0.5, 0.6) is 11.5 Å². The van der Waals surface area contributed by atoms with Crippen LogP contribution in [-0.2, 0) is 9.59 Å². The molecule has 0 aliphatic carbocycles. The van der Waals surface area contributed by atoms with Gasteiger partial charge in [0.2, 0.25) is 0 Å². The molecule has 1 atom stereocenters. The van der Waals surface area contributed by atoms with Crippen LogP contribution in [-0.4, -0.2) is 36.2 Å². The van der Waals surface area contributed by atoms with Gasteiger partial charge in [0.25, 0.3) is 5.91 Å². The van der Waals surface area contributed by atoms with Crippen molar-refractivity contribution >= 4 is 35.4 Å². The van der Waals surface area contributed by atoms with E-state index in [4.69, 9.17) is 14.6 Å². The Bertz CT molecular complexity index is 934. The molecule has 1 amide bonds. The fourth-order valence-electron chi connectivity index (χ4n) is 2.47. The van der Waals surface area contributed by atoms with Gasteiger partial charge < -0.3 is 25.2 Å². The number of halogens is 1. The Labute approximate surface area is 164 Å². The number of amides is 1. The van der Waals surface area contributed by atoms with Gasteiger partial charge >= 0.3 is 5.97 Å². The number of thioether (sulfide) groups is 1. The normalized spacial score (nSPS) is 17.3. The highest BCUT2D eigenvalue weighted by Crippen LogP contribution is 2.33. The molecule has 2 aromatic rings. The predicted octanol–water partition coefficient (Wildman–Crippen LogP) is 2.90. The summed E-state index contributed by atoms with van der Waals surface area (Å²) < 4.78 is 24.1. The van der Waals surface area contributed by atoms with Crippen LogP contribution in [0.3, 0.4) is 0 Å². The number of para-hydroxylation sites is 1. The summed E-state index contributed by atoms with van der Waals surface area (Å²) in [5.41, 5.74) is 0.461. The lowest BCUT2D eigenvalue weighted by molar-refractivity contribution is -0.139. The van der Waals surface area contributed by atoms with Crippen LogP contribution in [0.4, 0.5) is 10.1 Å². The number of methoxy groups -OCH3 is 1. The fraction of sp³-hybridized carbons (Fsp3) is 0.158. The van der Waals surface area contributed by atoms with Gasteiger partial charge in [-0.1, -0.05) is 30.0 Å². The van der Waals surface area contributed by atoms with E-state index in [1.165, 1.54) is 24.9 Å². The Balaban J connectivity index is 1.73. The molecule has 0 spiro atoms. The SMILES string of the molecule is COc1cc(/C=C2\SC(Nc3ccccc3F)NC2=O)ccc1OCC(=O)O. The second-order valence-corrected chi connectivity index (χ2v) is 6.84. The van der Waals surface area contributed by atoms with Gasteiger partial charge in [-0.15, -0.1) is 0 Å². The molecule has 0 bridgehead atoms. The molecule has 1 heterocycles. The summed E-state index contributed by atoms with van der Waals surface area (Å²) in [5.74, 6) is -1.16. The average molecular weight is 404 g/mol. The van der Waals surface area contributed by atoms with Crippen molar-refractivity contribution in [1.29, 1.82) is 0 Å². The number of rotatable bonds is 7. The number of hydrogen-bond acceptors (Lipinski definition) is 6. The largest absolute Gasteiger partial charge is 0.493 e. The third kappa shape index (κ3) is 4.74. The van der Waals surface area contributed by atoms with Crippen molar-refractivity contribution in [3.05, 3.63) is 58.8 Å². The zero-order valence-electron chi connectivity index (χ0n) is 14.8. The molecule has 3 N–H and O–H groups in total. The molecule has 1 aliphatic rings. The molecule has 1 fully saturated rings. The maximum Gasteiger partial charge on any atom is 0.341 e. The first-order valence-corrected chi connectivity index (χ1v) is 9.07. The van der Waals surface area contributed by atoms with Crippen molar-refractivity contribution in [2.75, 3.05) is 19.0 Å². The molecule has 0 saturated carbocycles. The van der Waals surface area contributed by atoms with E-state index in [9.17, 15) is 14.0 Å². The molecule has 1 saturated heterocycles. The van der Waals surface area contributed by atoms with Crippen LogP contribution in [0.15, 0.2) is 47.4 Å². The monoisotopic (exact) mass is 404 g/mol. The van der Waals surface area contributed by atoms with E-state index in [0.717, 1.165) is 0 Å². The minimum absolute atomic E-state index is 0.287. The molecule has 1 unspecified atom stereocenters. The van der Waals surface area contributed by atoms with E-state index < -0.39 is 23.9 Å². The molecule has 28 heavy (non-hydrogen) atoms. The van der Waals surface area contributed by atoms with Crippen LogP contribution >= 0.6 is 11.8 Å². The summed E-state index contributed by atoms with van der Waals surface area (Å²) >= 11 is 1.22. The first-order chi connectivity index (χ1) is 13.5. The Morgan fingerprint density at radius 2 is 2.11 bits per heavy atom. The summed E-state index contributed by atoms with van der Waals surface area (Å²) in [6, 6.07) is 11.1. The molecule has 0 aromatic heterocycles. The summed E-state index contributed by atoms with van der Waals surface area (Å²) in [4.78, 5) is 23.3. The van der Waals surface area contributed by atoms with Crippen molar-refractivity contribution in [2.45, 2.75) is 5.50 Å². The molecule has 146 valence electrons. The maximum absolute atomic E-state index is 13.8. The Morgan fingerprint density at radius 1 is 1.32 bits per heavy atom. The van der Waals surface area contributed by atoms with E-state index in [1.54, 1.807) is 42.5 Å². The van der Waals surface area contributed by atoms with Crippen molar-refractivity contribution < 1.29 is 28.6 Å². The van der Waals surface area contributed by atoms with Gasteiger partial charge in [-0.2, -0.15) is 0 Å². The minimum Gasteiger partial charge on any atom is -0.493 e. The lowest BCUT2D eigenvalue weighted by Crippen LogP contribution is -2.31. The van der Waals surface area contributed by atoms with Gasteiger partial charge in [-0.05, 0) is 35.9 Å². The number of carboxylic acid groups (broad SMARTS) is 1. The van der Waals surface area contributed by atoms with Crippen molar-refractivity contribution in [2.24, 2.45) is 0 Å². The van der Waals surface area contributed by atoms with Crippen molar-refractivity contribution in [1.82, 2.24) is 5.32 Å². The Hall–Kier alpha value is -3.20. The highest BCUT2D eigenvalue weighted by Gasteiger charge is 2.27. The Morgan fingerprint density at radius 3 is 2.82 bits per heavy atom. The highest BCUT2D eigenvalue weighted by molar-refractivity contribution is 8.05. The molecule has 2 aromatic carbocycles. The third-order valence-corrected chi connectivity index (χ3v) is 4.76. The molecular formula is C19H17FN2O5S. The molecule has 1 aliphatic heterocycles. The minimum atomic E-state index is -1.10. The third-order valence-electron chi connectivity index (χ3n) is 3.73. The lowest BCUT2D eigenvalue weighted by Gasteiger charge is -2.13. The number of carbonyl (C=O) groups excluding carboxylic acids is 1. The number of hydrogen-bond donors (Lipinski definition) is 3.